The summed E-state index contributed by atoms with van der Waals surface area (Å²) >= 11 is 1.31. The number of thiazole rings is 1. The number of carbonyl (C=O) groups excluding carboxylic acids is 2. The van der Waals surface area contributed by atoms with Crippen LogP contribution in [0, 0.1) is 0 Å². The number of carbonyl (C=O) groups is 2. The minimum atomic E-state index is -0.813. The largest absolute Gasteiger partial charge is 0.445 e. The van der Waals surface area contributed by atoms with Crippen LogP contribution in [0.15, 0.2) is 66.0 Å². The van der Waals surface area contributed by atoms with Gasteiger partial charge in [0.15, 0.2) is 5.13 Å². The Hall–Kier alpha value is -3.23. The van der Waals surface area contributed by atoms with Gasteiger partial charge in [-0.05, 0) is 5.56 Å². The lowest BCUT2D eigenvalue weighted by Crippen LogP contribution is -2.43. The predicted octanol–water partition coefficient (Wildman–Crippen LogP) is 3.52. The standard InChI is InChI=1S/C22H21N3O4S/c26-17-11-19(25(12-17)22(28)29-13-15-7-3-1-4-8-15)20(27)24-21-23-18(14-30-21)16-9-5-2-6-10-16/h1-10,14,17,19,26H,11-13H2,(H,23,24,27)/t17-,19+/m1/s1. The van der Waals surface area contributed by atoms with Crippen molar-refractivity contribution >= 4 is 28.5 Å². The van der Waals surface area contributed by atoms with Crippen LogP contribution in [0.2, 0.25) is 0 Å². The fourth-order valence-electron chi connectivity index (χ4n) is 3.33. The van der Waals surface area contributed by atoms with Gasteiger partial charge in [0.05, 0.1) is 18.3 Å². The number of ether oxygens (including phenoxy) is 1. The molecule has 8 heteroatoms. The second-order valence-corrected chi connectivity index (χ2v) is 7.85. The summed E-state index contributed by atoms with van der Waals surface area (Å²) in [6.45, 7) is 0.159. The third-order valence-electron chi connectivity index (χ3n) is 4.83. The number of nitrogens with zero attached hydrogens (tertiary/aromatic N) is 2. The Bertz CT molecular complexity index is 1010. The molecule has 0 spiro atoms. The molecule has 1 fully saturated rings. The first-order chi connectivity index (χ1) is 14.6. The van der Waals surface area contributed by atoms with Gasteiger partial charge < -0.3 is 15.2 Å². The SMILES string of the molecule is O=C(Nc1nc(-c2ccccc2)cs1)[C@@H]1C[C@@H](O)CN1C(=O)OCc1ccccc1. The Morgan fingerprint density at radius 1 is 1.13 bits per heavy atom. The number of β-amino-alcohol motifs (C(OH)–C–C–N with tert-alkyl or cyclic N) is 1. The normalized spacial score (nSPS) is 18.2. The second-order valence-electron chi connectivity index (χ2n) is 6.99. The van der Waals surface area contributed by atoms with E-state index in [2.05, 4.69) is 10.3 Å². The van der Waals surface area contributed by atoms with Gasteiger partial charge in [-0.25, -0.2) is 9.78 Å². The van der Waals surface area contributed by atoms with Gasteiger partial charge in [-0.3, -0.25) is 9.69 Å². The van der Waals surface area contributed by atoms with Gasteiger partial charge >= 0.3 is 6.09 Å². The number of nitrogens with one attached hydrogen (secondary N) is 1. The van der Waals surface area contributed by atoms with Crippen LogP contribution in [-0.4, -0.2) is 45.7 Å². The molecule has 2 aromatic carbocycles. The second kappa shape index (κ2) is 9.06. The number of hydrogen-bond acceptors (Lipinski definition) is 6. The third kappa shape index (κ3) is 4.67. The molecular weight excluding hydrogens is 402 g/mol. The summed E-state index contributed by atoms with van der Waals surface area (Å²) < 4.78 is 5.34. The molecule has 2 amide bonds. The van der Waals surface area contributed by atoms with Gasteiger partial charge in [0.2, 0.25) is 5.91 Å². The average molecular weight is 423 g/mol. The molecule has 154 valence electrons. The number of aliphatic hydroxyl groups is 1. The van der Waals surface area contributed by atoms with Crippen LogP contribution in [0.1, 0.15) is 12.0 Å². The summed E-state index contributed by atoms with van der Waals surface area (Å²) in [5.41, 5.74) is 2.57. The zero-order chi connectivity index (χ0) is 20.9. The fourth-order valence-corrected chi connectivity index (χ4v) is 4.05. The minimum absolute atomic E-state index is 0.0544. The molecule has 1 aliphatic rings. The summed E-state index contributed by atoms with van der Waals surface area (Å²) in [6, 6.07) is 18.1. The van der Waals surface area contributed by atoms with Crippen molar-refractivity contribution in [2.45, 2.75) is 25.2 Å². The molecule has 0 unspecified atom stereocenters. The van der Waals surface area contributed by atoms with Crippen LogP contribution in [0.5, 0.6) is 0 Å². The summed E-state index contributed by atoms with van der Waals surface area (Å²) in [5.74, 6) is -0.392. The van der Waals surface area contributed by atoms with Crippen molar-refractivity contribution < 1.29 is 19.4 Å². The molecule has 1 aromatic heterocycles. The van der Waals surface area contributed by atoms with Crippen molar-refractivity contribution in [2.75, 3.05) is 11.9 Å². The van der Waals surface area contributed by atoms with E-state index in [1.165, 1.54) is 16.2 Å². The highest BCUT2D eigenvalue weighted by atomic mass is 32.1. The molecule has 4 rings (SSSR count). The van der Waals surface area contributed by atoms with Crippen LogP contribution in [-0.2, 0) is 16.1 Å². The van der Waals surface area contributed by atoms with Crippen LogP contribution < -0.4 is 5.32 Å². The zero-order valence-corrected chi connectivity index (χ0v) is 16.9. The molecule has 3 aromatic rings. The van der Waals surface area contributed by atoms with Crippen LogP contribution in [0.25, 0.3) is 11.3 Å². The molecule has 0 radical (unpaired) electrons. The molecule has 0 aliphatic carbocycles. The van der Waals surface area contributed by atoms with Gasteiger partial charge in [-0.1, -0.05) is 60.7 Å². The van der Waals surface area contributed by atoms with Crippen molar-refractivity contribution in [1.29, 1.82) is 0 Å². The van der Waals surface area contributed by atoms with E-state index in [0.29, 0.717) is 5.13 Å². The van der Waals surface area contributed by atoms with Gasteiger partial charge in [0.1, 0.15) is 12.6 Å². The highest BCUT2D eigenvalue weighted by molar-refractivity contribution is 7.14. The predicted molar refractivity (Wildman–Crippen MR) is 114 cm³/mol. The Labute approximate surface area is 177 Å². The number of likely N-dealkylation sites (tertiary alicyclic amines) is 1. The smallest absolute Gasteiger partial charge is 0.410 e. The van der Waals surface area contributed by atoms with E-state index >= 15 is 0 Å². The summed E-state index contributed by atoms with van der Waals surface area (Å²) in [5, 5.41) is 15.1. The highest BCUT2D eigenvalue weighted by Gasteiger charge is 2.40. The van der Waals surface area contributed by atoms with Crippen LogP contribution >= 0.6 is 11.3 Å². The zero-order valence-electron chi connectivity index (χ0n) is 16.1. The van der Waals surface area contributed by atoms with Gasteiger partial charge in [-0.15, -0.1) is 11.3 Å². The van der Waals surface area contributed by atoms with Gasteiger partial charge in [-0.2, -0.15) is 0 Å². The van der Waals surface area contributed by atoms with Gasteiger partial charge in [0, 0.05) is 17.4 Å². The number of aromatic nitrogens is 1. The highest BCUT2D eigenvalue weighted by Crippen LogP contribution is 2.26. The van der Waals surface area contributed by atoms with Gasteiger partial charge in [0.25, 0.3) is 0 Å². The summed E-state index contributed by atoms with van der Waals surface area (Å²) in [7, 11) is 0. The van der Waals surface area contributed by atoms with Crippen molar-refractivity contribution in [3.8, 4) is 11.3 Å². The molecule has 2 atom stereocenters. The van der Waals surface area contributed by atoms with E-state index in [4.69, 9.17) is 4.74 Å². The average Bonchev–Trinajstić information content (AvgIpc) is 3.40. The van der Waals surface area contributed by atoms with Crippen molar-refractivity contribution in [2.24, 2.45) is 0 Å². The topological polar surface area (TPSA) is 91.8 Å². The van der Waals surface area contributed by atoms with Crippen LogP contribution in [0.3, 0.4) is 0 Å². The van der Waals surface area contributed by atoms with Crippen molar-refractivity contribution in [1.82, 2.24) is 9.88 Å². The summed E-state index contributed by atoms with van der Waals surface area (Å²) in [6.07, 6.45) is -1.25. The number of aliphatic hydroxyl groups excluding tert-OH is 1. The van der Waals surface area contributed by atoms with E-state index in [1.54, 1.807) is 0 Å². The number of amides is 2. The number of rotatable bonds is 5. The molecule has 2 N–H and O–H groups in total. The van der Waals surface area contributed by atoms with Crippen molar-refractivity contribution in [3.63, 3.8) is 0 Å². The molecular formula is C22H21N3O4S. The van der Waals surface area contributed by atoms with E-state index < -0.39 is 24.1 Å². The third-order valence-corrected chi connectivity index (χ3v) is 5.58. The number of hydrogen-bond donors (Lipinski definition) is 2. The van der Waals surface area contributed by atoms with E-state index in [-0.39, 0.29) is 19.6 Å². The first-order valence-electron chi connectivity index (χ1n) is 9.57. The maximum absolute atomic E-state index is 12.8. The molecule has 30 heavy (non-hydrogen) atoms. The molecule has 1 aliphatic heterocycles. The maximum atomic E-state index is 12.8. The number of anilines is 1. The Kier molecular flexibility index (Phi) is 6.06. The Morgan fingerprint density at radius 2 is 1.83 bits per heavy atom. The lowest BCUT2D eigenvalue weighted by atomic mass is 10.2. The molecule has 1 saturated heterocycles. The fraction of sp³-hybridized carbons (Fsp3) is 0.227. The molecule has 0 saturated carbocycles. The van der Waals surface area contributed by atoms with E-state index in [9.17, 15) is 14.7 Å². The lowest BCUT2D eigenvalue weighted by molar-refractivity contribution is -0.120. The quantitative estimate of drug-likeness (QED) is 0.655. The number of benzene rings is 2. The summed E-state index contributed by atoms with van der Waals surface area (Å²) in [4.78, 5) is 31.0. The first kappa shape index (κ1) is 20.1. The monoisotopic (exact) mass is 423 g/mol. The first-order valence-corrected chi connectivity index (χ1v) is 10.5. The van der Waals surface area contributed by atoms with E-state index in [0.717, 1.165) is 16.8 Å². The molecule has 2 heterocycles. The van der Waals surface area contributed by atoms with Crippen molar-refractivity contribution in [3.05, 3.63) is 71.6 Å². The lowest BCUT2D eigenvalue weighted by Gasteiger charge is -2.22. The maximum Gasteiger partial charge on any atom is 0.410 e. The Balaban J connectivity index is 1.39. The van der Waals surface area contributed by atoms with Crippen LogP contribution in [0.4, 0.5) is 9.93 Å². The molecule has 0 bridgehead atoms. The molecule has 7 nitrogen and oxygen atoms in total. The van der Waals surface area contributed by atoms with E-state index in [1.807, 2.05) is 66.0 Å². The Morgan fingerprint density at radius 3 is 2.57 bits per heavy atom. The minimum Gasteiger partial charge on any atom is -0.445 e.